The van der Waals surface area contributed by atoms with Crippen molar-refractivity contribution in [3.8, 4) is 11.5 Å². The van der Waals surface area contributed by atoms with Crippen molar-refractivity contribution in [1.82, 2.24) is 4.90 Å². The number of thioether (sulfide) groups is 1. The maximum Gasteiger partial charge on any atom is 0.336 e. The second kappa shape index (κ2) is 8.85. The van der Waals surface area contributed by atoms with Crippen LogP contribution in [-0.2, 0) is 25.5 Å². The second-order valence-corrected chi connectivity index (χ2v) is 10.2. The van der Waals surface area contributed by atoms with Crippen molar-refractivity contribution in [3.63, 3.8) is 0 Å². The van der Waals surface area contributed by atoms with E-state index in [1.165, 1.54) is 0 Å². The molecule has 1 aromatic carbocycles. The van der Waals surface area contributed by atoms with Gasteiger partial charge in [-0.2, -0.15) is 0 Å². The summed E-state index contributed by atoms with van der Waals surface area (Å²) in [4.78, 5) is 27.3. The molecular weight excluding hydrogens is 446 g/mol. The molecule has 5 rings (SSSR count). The first kappa shape index (κ1) is 22.6. The topological polar surface area (TPSA) is 94.5 Å². The minimum Gasteiger partial charge on any atom is -0.497 e. The summed E-state index contributed by atoms with van der Waals surface area (Å²) in [5, 5.41) is 10.1. The van der Waals surface area contributed by atoms with Gasteiger partial charge in [0, 0.05) is 6.54 Å². The lowest BCUT2D eigenvalue weighted by Crippen LogP contribution is -2.47. The number of esters is 1. The minimum atomic E-state index is -1.51. The van der Waals surface area contributed by atoms with Crippen LogP contribution in [0.1, 0.15) is 43.2 Å². The zero-order chi connectivity index (χ0) is 23.2. The molecule has 1 aliphatic carbocycles. The van der Waals surface area contributed by atoms with E-state index in [-0.39, 0.29) is 29.8 Å². The number of hydrogen-bond acceptors (Lipinski definition) is 9. The molecule has 1 N–H and O–H groups in total. The summed E-state index contributed by atoms with van der Waals surface area (Å²) < 4.78 is 22.9. The van der Waals surface area contributed by atoms with Crippen molar-refractivity contribution in [2.75, 3.05) is 32.7 Å². The van der Waals surface area contributed by atoms with E-state index in [4.69, 9.17) is 18.9 Å². The quantitative estimate of drug-likeness (QED) is 0.622. The van der Waals surface area contributed by atoms with Gasteiger partial charge in [-0.3, -0.25) is 9.69 Å². The molecule has 0 saturated carbocycles. The van der Waals surface area contributed by atoms with Crippen molar-refractivity contribution in [2.24, 2.45) is 0 Å². The molecule has 0 bridgehead atoms. The predicted octanol–water partition coefficient (Wildman–Crippen LogP) is 2.38. The molecule has 1 saturated heterocycles. The molecule has 4 atom stereocenters. The predicted molar refractivity (Wildman–Crippen MR) is 121 cm³/mol. The van der Waals surface area contributed by atoms with Crippen LogP contribution in [0.4, 0.5) is 0 Å². The highest BCUT2D eigenvalue weighted by Gasteiger charge is 2.58. The molecule has 4 aliphatic rings. The number of benzene rings is 1. The summed E-state index contributed by atoms with van der Waals surface area (Å²) in [6.07, 6.45) is 2.43. The zero-order valence-corrected chi connectivity index (χ0v) is 19.7. The van der Waals surface area contributed by atoms with E-state index in [0.717, 1.165) is 61.0 Å². The van der Waals surface area contributed by atoms with Gasteiger partial charge in [-0.25, -0.2) is 4.79 Å². The average Bonchev–Trinajstić information content (AvgIpc) is 3.47. The number of methoxy groups -OCH3 is 1. The van der Waals surface area contributed by atoms with Gasteiger partial charge >= 0.3 is 5.97 Å². The van der Waals surface area contributed by atoms with Gasteiger partial charge in [0.05, 0.1) is 25.0 Å². The number of hydrogen-bond donors (Lipinski definition) is 1. The number of ether oxygens (including phenoxy) is 4. The van der Waals surface area contributed by atoms with E-state index in [2.05, 4.69) is 11.0 Å². The van der Waals surface area contributed by atoms with Crippen LogP contribution in [0.25, 0.3) is 0 Å². The molecule has 8 nitrogen and oxygen atoms in total. The minimum absolute atomic E-state index is 0.191. The van der Waals surface area contributed by atoms with Crippen LogP contribution >= 0.6 is 11.8 Å². The fourth-order valence-electron chi connectivity index (χ4n) is 5.76. The molecule has 33 heavy (non-hydrogen) atoms. The summed E-state index contributed by atoms with van der Waals surface area (Å²) in [5.41, 5.74) is 1.85. The maximum absolute atomic E-state index is 12.9. The molecule has 1 spiro atoms. The van der Waals surface area contributed by atoms with Gasteiger partial charge < -0.3 is 24.1 Å². The van der Waals surface area contributed by atoms with E-state index in [1.807, 2.05) is 19.1 Å². The van der Waals surface area contributed by atoms with Crippen molar-refractivity contribution in [3.05, 3.63) is 35.1 Å². The fourth-order valence-corrected chi connectivity index (χ4v) is 6.36. The van der Waals surface area contributed by atoms with E-state index in [9.17, 15) is 14.7 Å². The lowest BCUT2D eigenvalue weighted by molar-refractivity contribution is -0.161. The molecule has 3 aliphatic heterocycles. The largest absolute Gasteiger partial charge is 0.497 e. The number of rotatable bonds is 6. The first-order chi connectivity index (χ1) is 16.0. The van der Waals surface area contributed by atoms with Gasteiger partial charge in [0.2, 0.25) is 6.79 Å². The second-order valence-electron chi connectivity index (χ2n) is 8.85. The van der Waals surface area contributed by atoms with Gasteiger partial charge in [-0.1, -0.05) is 18.7 Å². The highest BCUT2D eigenvalue weighted by atomic mass is 32.2. The van der Waals surface area contributed by atoms with Crippen LogP contribution in [-0.4, -0.2) is 71.6 Å². The Bertz CT molecular complexity index is 995. The summed E-state index contributed by atoms with van der Waals surface area (Å²) >= 11 is 1.08. The average molecular weight is 476 g/mol. The van der Waals surface area contributed by atoms with Crippen LogP contribution in [0.15, 0.2) is 24.0 Å². The normalized spacial score (nSPS) is 28.3. The van der Waals surface area contributed by atoms with Crippen LogP contribution in [0.3, 0.4) is 0 Å². The highest BCUT2D eigenvalue weighted by molar-refractivity contribution is 8.13. The molecule has 178 valence electrons. The van der Waals surface area contributed by atoms with Gasteiger partial charge in [0.15, 0.2) is 28.8 Å². The Balaban J connectivity index is 1.50. The summed E-state index contributed by atoms with van der Waals surface area (Å²) in [6.45, 7) is 3.87. The lowest BCUT2D eigenvalue weighted by Gasteiger charge is -2.39. The molecule has 0 amide bonds. The Morgan fingerprint density at radius 2 is 2.09 bits per heavy atom. The molecule has 1 fully saturated rings. The van der Waals surface area contributed by atoms with Crippen molar-refractivity contribution >= 4 is 22.8 Å². The number of fused-ring (bicyclic) bond motifs is 3. The van der Waals surface area contributed by atoms with Gasteiger partial charge in [0.1, 0.15) is 5.76 Å². The molecular formula is C24H29NO7S. The molecule has 9 heteroatoms. The van der Waals surface area contributed by atoms with E-state index in [0.29, 0.717) is 17.3 Å². The molecule has 3 heterocycles. The highest BCUT2D eigenvalue weighted by Crippen LogP contribution is 2.55. The number of carbonyl (C=O) groups excluding carboxylic acids is 2. The van der Waals surface area contributed by atoms with Crippen LogP contribution < -0.4 is 9.47 Å². The Hall–Kier alpha value is -2.23. The van der Waals surface area contributed by atoms with Crippen molar-refractivity contribution in [1.29, 1.82) is 0 Å². The standard InChI is InChI=1S/C24H29NO7S/c1-3-33-20(27)11-16(26)23(28)32-22-19(29-2)12-24-6-4-7-25(24)8-5-14-9-17-18(31-13-30-17)10-15(14)21(22)24/h9-10,12,16,21-22,26H,3-8,11,13H2,1-2H3/t16?,21-,22?,24?/m1/s1. The Morgan fingerprint density at radius 1 is 1.30 bits per heavy atom. The van der Waals surface area contributed by atoms with E-state index < -0.39 is 18.2 Å². The summed E-state index contributed by atoms with van der Waals surface area (Å²) in [7, 11) is 1.58. The number of nitrogens with zero attached hydrogens (tertiary/aromatic N) is 1. The Kier molecular flexibility index (Phi) is 6.05. The zero-order valence-electron chi connectivity index (χ0n) is 18.9. The summed E-state index contributed by atoms with van der Waals surface area (Å²) in [5.74, 6) is 1.58. The van der Waals surface area contributed by atoms with Crippen LogP contribution in [0.2, 0.25) is 0 Å². The SMILES string of the molecule is CCSC(=O)CC(O)C(=O)OC1C(OC)=CC23CCCN2CCc2cc4c(cc2[C@H]13)OCO4. The lowest BCUT2D eigenvalue weighted by atomic mass is 9.77. The van der Waals surface area contributed by atoms with Crippen LogP contribution in [0, 0.1) is 0 Å². The first-order valence-electron chi connectivity index (χ1n) is 11.4. The van der Waals surface area contributed by atoms with Gasteiger partial charge in [0.25, 0.3) is 0 Å². The smallest absolute Gasteiger partial charge is 0.336 e. The van der Waals surface area contributed by atoms with Crippen molar-refractivity contribution < 1.29 is 33.6 Å². The third-order valence-corrected chi connectivity index (χ3v) is 7.92. The Morgan fingerprint density at radius 3 is 2.85 bits per heavy atom. The number of aliphatic hydroxyl groups excluding tert-OH is 1. The van der Waals surface area contributed by atoms with E-state index >= 15 is 0 Å². The fraction of sp³-hybridized carbons (Fsp3) is 0.583. The third kappa shape index (κ3) is 3.80. The third-order valence-electron chi connectivity index (χ3n) is 7.14. The van der Waals surface area contributed by atoms with Crippen molar-refractivity contribution in [2.45, 2.75) is 56.3 Å². The van der Waals surface area contributed by atoms with Gasteiger partial charge in [-0.05, 0) is 60.9 Å². The maximum atomic E-state index is 12.9. The number of aliphatic hydroxyl groups is 1. The molecule has 0 radical (unpaired) electrons. The molecule has 1 aromatic rings. The molecule has 3 unspecified atom stereocenters. The first-order valence-corrected chi connectivity index (χ1v) is 12.4. The number of carbonyl (C=O) groups is 2. The molecule has 0 aromatic heterocycles. The van der Waals surface area contributed by atoms with Gasteiger partial charge in [-0.15, -0.1) is 0 Å². The monoisotopic (exact) mass is 475 g/mol. The Labute approximate surface area is 197 Å². The summed E-state index contributed by atoms with van der Waals surface area (Å²) in [6, 6.07) is 4.05. The van der Waals surface area contributed by atoms with Crippen LogP contribution in [0.5, 0.6) is 11.5 Å². The van der Waals surface area contributed by atoms with E-state index in [1.54, 1.807) is 7.11 Å².